The number of nitrogens with zero attached hydrogens (tertiary/aromatic N) is 1. The molecule has 16 heteroatoms. The van der Waals surface area contributed by atoms with Gasteiger partial charge in [0.1, 0.15) is 18.1 Å². The van der Waals surface area contributed by atoms with Gasteiger partial charge < -0.3 is 48.3 Å². The molecule has 0 bridgehead atoms. The summed E-state index contributed by atoms with van der Waals surface area (Å²) in [6.45, 7) is 1.18. The maximum Gasteiger partial charge on any atom is 0.326 e. The van der Waals surface area contributed by atoms with Gasteiger partial charge in [-0.15, -0.1) is 0 Å². The predicted octanol–water partition coefficient (Wildman–Crippen LogP) is -5.05. The second-order valence-corrected chi connectivity index (χ2v) is 7.42. The summed E-state index contributed by atoms with van der Waals surface area (Å²) in [5.74, 6) is -6.33. The zero-order chi connectivity index (χ0) is 26.0. The number of primary amides is 2. The standard InChI is InChI=1S/C18H28N8O8/c1-7(27)14(26-15(30)9(19)3-12(20)28)17(32)24-10(2-8-5-22-6-23-8)16(31)25-11(18(33)34)4-13(21)29/h5-7,9-11,14,27H,2-4,19H2,1H3,(H2,20,28)(H2,21,29)(H,22,23)(H,24,32)(H,25,31)(H,26,30)(H,33,34). The largest absolute Gasteiger partial charge is 0.480 e. The monoisotopic (exact) mass is 484 g/mol. The molecule has 0 aliphatic carbocycles. The van der Waals surface area contributed by atoms with Gasteiger partial charge >= 0.3 is 5.97 Å². The van der Waals surface area contributed by atoms with Crippen LogP contribution in [0.1, 0.15) is 25.5 Å². The predicted molar refractivity (Wildman–Crippen MR) is 113 cm³/mol. The van der Waals surface area contributed by atoms with E-state index >= 15 is 0 Å². The Bertz CT molecular complexity index is 904. The highest BCUT2D eigenvalue weighted by atomic mass is 16.4. The SMILES string of the molecule is CC(O)C(NC(=O)C(N)CC(N)=O)C(=O)NC(Cc1cnc[nH]1)C(=O)NC(CC(N)=O)C(=O)O. The Hall–Kier alpha value is -4.05. The van der Waals surface area contributed by atoms with Gasteiger partial charge in [-0.3, -0.25) is 24.0 Å². The summed E-state index contributed by atoms with van der Waals surface area (Å²) < 4.78 is 0. The lowest BCUT2D eigenvalue weighted by Crippen LogP contribution is -2.60. The molecule has 0 aliphatic rings. The zero-order valence-electron chi connectivity index (χ0n) is 18.2. The molecule has 5 unspecified atom stereocenters. The molecule has 12 N–H and O–H groups in total. The van der Waals surface area contributed by atoms with Crippen molar-refractivity contribution in [3.63, 3.8) is 0 Å². The van der Waals surface area contributed by atoms with Gasteiger partial charge in [0.15, 0.2) is 0 Å². The molecule has 5 atom stereocenters. The number of hydrogen-bond acceptors (Lipinski definition) is 9. The van der Waals surface area contributed by atoms with Crippen molar-refractivity contribution in [1.82, 2.24) is 25.9 Å². The van der Waals surface area contributed by atoms with Gasteiger partial charge in [0, 0.05) is 18.3 Å². The third-order valence-corrected chi connectivity index (χ3v) is 4.45. The number of carbonyl (C=O) groups excluding carboxylic acids is 5. The highest BCUT2D eigenvalue weighted by Crippen LogP contribution is 2.04. The number of hydrogen-bond donors (Lipinski definition) is 9. The van der Waals surface area contributed by atoms with Crippen molar-refractivity contribution in [1.29, 1.82) is 0 Å². The maximum atomic E-state index is 12.8. The van der Waals surface area contributed by atoms with E-state index in [1.807, 2.05) is 0 Å². The summed E-state index contributed by atoms with van der Waals surface area (Å²) in [7, 11) is 0. The van der Waals surface area contributed by atoms with Crippen LogP contribution in [0.25, 0.3) is 0 Å². The fourth-order valence-electron chi connectivity index (χ4n) is 2.74. The minimum Gasteiger partial charge on any atom is -0.480 e. The minimum absolute atomic E-state index is 0.192. The fraction of sp³-hybridized carbons (Fsp3) is 0.500. The number of aliphatic hydroxyl groups is 1. The summed E-state index contributed by atoms with van der Waals surface area (Å²) in [5, 5.41) is 25.8. The van der Waals surface area contributed by atoms with Crippen LogP contribution in [0.4, 0.5) is 0 Å². The Morgan fingerprint density at radius 3 is 2.03 bits per heavy atom. The summed E-state index contributed by atoms with van der Waals surface area (Å²) in [4.78, 5) is 77.6. The van der Waals surface area contributed by atoms with E-state index in [1.54, 1.807) is 0 Å². The number of imidazole rings is 1. The van der Waals surface area contributed by atoms with E-state index in [4.69, 9.17) is 17.2 Å². The fourth-order valence-corrected chi connectivity index (χ4v) is 2.74. The summed E-state index contributed by atoms with van der Waals surface area (Å²) in [6, 6.07) is -6.06. The quantitative estimate of drug-likeness (QED) is 0.121. The number of aliphatic carboxylic acids is 1. The first-order valence-corrected chi connectivity index (χ1v) is 9.93. The second kappa shape index (κ2) is 12.9. The lowest BCUT2D eigenvalue weighted by Gasteiger charge is -2.26. The molecule has 1 heterocycles. The molecule has 0 fully saturated rings. The van der Waals surface area contributed by atoms with E-state index < -0.39 is 78.6 Å². The third kappa shape index (κ3) is 9.21. The lowest BCUT2D eigenvalue weighted by atomic mass is 10.1. The molecule has 1 rings (SSSR count). The van der Waals surface area contributed by atoms with Gasteiger partial charge in [0.05, 0.1) is 31.3 Å². The molecule has 0 aliphatic heterocycles. The van der Waals surface area contributed by atoms with Crippen LogP contribution >= 0.6 is 0 Å². The van der Waals surface area contributed by atoms with Gasteiger partial charge in [0.2, 0.25) is 29.5 Å². The minimum atomic E-state index is -1.66. The number of rotatable bonds is 14. The highest BCUT2D eigenvalue weighted by molar-refractivity contribution is 5.95. The first kappa shape index (κ1) is 28.0. The zero-order valence-corrected chi connectivity index (χ0v) is 18.2. The number of aromatic nitrogens is 2. The average molecular weight is 484 g/mol. The molecule has 0 aromatic carbocycles. The van der Waals surface area contributed by atoms with Crippen LogP contribution in [0.3, 0.4) is 0 Å². The van der Waals surface area contributed by atoms with Crippen LogP contribution in [0.15, 0.2) is 12.5 Å². The molecule has 0 saturated heterocycles. The molecule has 1 aromatic heterocycles. The highest BCUT2D eigenvalue weighted by Gasteiger charge is 2.33. The van der Waals surface area contributed by atoms with Crippen LogP contribution < -0.4 is 33.2 Å². The Kier molecular flexibility index (Phi) is 10.6. The van der Waals surface area contributed by atoms with Gasteiger partial charge in [-0.1, -0.05) is 0 Å². The Balaban J connectivity index is 3.04. The normalized spacial score (nSPS) is 15.1. The van der Waals surface area contributed by atoms with Crippen molar-refractivity contribution in [3.05, 3.63) is 18.2 Å². The summed E-state index contributed by atoms with van der Waals surface area (Å²) >= 11 is 0. The molecule has 0 saturated carbocycles. The number of nitrogens with two attached hydrogens (primary N) is 3. The van der Waals surface area contributed by atoms with Crippen molar-refractivity contribution in [3.8, 4) is 0 Å². The first-order valence-electron chi connectivity index (χ1n) is 9.93. The number of carboxylic acid groups (broad SMARTS) is 1. The third-order valence-electron chi connectivity index (χ3n) is 4.45. The number of carbonyl (C=O) groups is 6. The first-order chi connectivity index (χ1) is 15.8. The van der Waals surface area contributed by atoms with Crippen molar-refractivity contribution >= 4 is 35.5 Å². The summed E-state index contributed by atoms with van der Waals surface area (Å²) in [6.07, 6.45) is -0.207. The Morgan fingerprint density at radius 2 is 1.56 bits per heavy atom. The molecule has 5 amide bonds. The second-order valence-electron chi connectivity index (χ2n) is 7.42. The molecule has 16 nitrogen and oxygen atoms in total. The van der Waals surface area contributed by atoms with Gasteiger partial charge in [0.25, 0.3) is 0 Å². The van der Waals surface area contributed by atoms with Crippen LogP contribution in [0, 0.1) is 0 Å². The van der Waals surface area contributed by atoms with E-state index in [-0.39, 0.29) is 6.42 Å². The van der Waals surface area contributed by atoms with Crippen molar-refractivity contribution in [2.45, 2.75) is 56.5 Å². The van der Waals surface area contributed by atoms with Gasteiger partial charge in [-0.05, 0) is 6.92 Å². The molecule has 1 aromatic rings. The number of aromatic amines is 1. The van der Waals surface area contributed by atoms with Crippen LogP contribution in [-0.2, 0) is 35.2 Å². The molecule has 34 heavy (non-hydrogen) atoms. The van der Waals surface area contributed by atoms with E-state index in [1.165, 1.54) is 19.4 Å². The van der Waals surface area contributed by atoms with Crippen molar-refractivity contribution in [2.75, 3.05) is 0 Å². The summed E-state index contributed by atoms with van der Waals surface area (Å²) in [5.41, 5.74) is 15.9. The van der Waals surface area contributed by atoms with Crippen molar-refractivity contribution in [2.24, 2.45) is 17.2 Å². The Labute approximate surface area is 193 Å². The van der Waals surface area contributed by atoms with Crippen LogP contribution in [0.5, 0.6) is 0 Å². The van der Waals surface area contributed by atoms with E-state index in [2.05, 4.69) is 25.9 Å². The number of amides is 5. The van der Waals surface area contributed by atoms with Crippen LogP contribution in [0.2, 0.25) is 0 Å². The number of H-pyrrole nitrogens is 1. The topological polar surface area (TPSA) is 286 Å². The van der Waals surface area contributed by atoms with Gasteiger partial charge in [-0.25, -0.2) is 9.78 Å². The number of carboxylic acids is 1. The molecular formula is C18H28N8O8. The van der Waals surface area contributed by atoms with E-state index in [0.29, 0.717) is 5.69 Å². The Morgan fingerprint density at radius 1 is 0.971 bits per heavy atom. The van der Waals surface area contributed by atoms with Gasteiger partial charge in [-0.2, -0.15) is 0 Å². The average Bonchev–Trinajstić information content (AvgIpc) is 3.22. The molecular weight excluding hydrogens is 456 g/mol. The molecule has 0 spiro atoms. The molecule has 188 valence electrons. The van der Waals surface area contributed by atoms with Crippen molar-refractivity contribution < 1.29 is 39.0 Å². The van der Waals surface area contributed by atoms with E-state index in [9.17, 15) is 39.0 Å². The number of nitrogens with one attached hydrogen (secondary N) is 4. The van der Waals surface area contributed by atoms with E-state index in [0.717, 1.165) is 0 Å². The maximum absolute atomic E-state index is 12.8. The molecule has 0 radical (unpaired) electrons. The van der Waals surface area contributed by atoms with Crippen LogP contribution in [-0.4, -0.2) is 86.0 Å². The lowest BCUT2D eigenvalue weighted by molar-refractivity contribution is -0.143. The smallest absolute Gasteiger partial charge is 0.326 e. The number of aliphatic hydroxyl groups excluding tert-OH is 1.